The molecule has 0 saturated heterocycles. The van der Waals surface area contributed by atoms with Crippen molar-refractivity contribution in [2.45, 2.75) is 77.4 Å². The van der Waals surface area contributed by atoms with E-state index in [4.69, 9.17) is 0 Å². The van der Waals surface area contributed by atoms with Crippen molar-refractivity contribution < 1.29 is 10.2 Å². The van der Waals surface area contributed by atoms with Crippen molar-refractivity contribution in [3.05, 3.63) is 11.6 Å². The van der Waals surface area contributed by atoms with Crippen molar-refractivity contribution in [3.8, 4) is 0 Å². The number of fused-ring (bicyclic) bond motifs is 5. The van der Waals surface area contributed by atoms with Crippen LogP contribution < -0.4 is 0 Å². The largest absolute Gasteiger partial charge is 0.393 e. The van der Waals surface area contributed by atoms with Crippen LogP contribution in [0.3, 0.4) is 0 Å². The number of hydrogen-bond donors (Lipinski definition) is 2. The van der Waals surface area contributed by atoms with E-state index in [0.29, 0.717) is 5.41 Å². The fourth-order valence-electron chi connectivity index (χ4n) is 6.98. The summed E-state index contributed by atoms with van der Waals surface area (Å²) in [5, 5.41) is 20.9. The second-order valence-corrected chi connectivity index (χ2v) is 11.9. The van der Waals surface area contributed by atoms with Crippen molar-refractivity contribution in [1.29, 1.82) is 0 Å². The molecular formula is C21H34O2S2. The van der Waals surface area contributed by atoms with Gasteiger partial charge in [0.2, 0.25) is 0 Å². The lowest BCUT2D eigenvalue weighted by molar-refractivity contribution is -0.0748. The number of aliphatic hydroxyl groups is 2. The van der Waals surface area contributed by atoms with E-state index >= 15 is 0 Å². The monoisotopic (exact) mass is 382 g/mol. The van der Waals surface area contributed by atoms with Crippen LogP contribution in [0.4, 0.5) is 0 Å². The van der Waals surface area contributed by atoms with E-state index in [1.54, 1.807) is 5.57 Å². The minimum Gasteiger partial charge on any atom is -0.393 e. The van der Waals surface area contributed by atoms with E-state index < -0.39 is 0 Å². The number of hydrogen-bond acceptors (Lipinski definition) is 4. The van der Waals surface area contributed by atoms with Crippen LogP contribution in [-0.2, 0) is 0 Å². The lowest BCUT2D eigenvalue weighted by Crippen LogP contribution is -2.53. The maximum absolute atomic E-state index is 10.6. The number of allylic oxidation sites excluding steroid dienone is 1. The third-order valence-corrected chi connectivity index (χ3v) is 10.9. The van der Waals surface area contributed by atoms with Crippen molar-refractivity contribution in [1.82, 2.24) is 0 Å². The predicted molar refractivity (Wildman–Crippen MR) is 109 cm³/mol. The lowest BCUT2D eigenvalue weighted by atomic mass is 9.47. The van der Waals surface area contributed by atoms with Gasteiger partial charge in [0, 0.05) is 16.9 Å². The van der Waals surface area contributed by atoms with Gasteiger partial charge in [-0.2, -0.15) is 0 Å². The molecule has 4 aliphatic rings. The summed E-state index contributed by atoms with van der Waals surface area (Å²) in [7, 11) is 4.06. The van der Waals surface area contributed by atoms with Crippen LogP contribution in [0.2, 0.25) is 0 Å². The average Bonchev–Trinajstić information content (AvgIpc) is 2.91. The van der Waals surface area contributed by atoms with Crippen LogP contribution in [-0.4, -0.2) is 33.9 Å². The predicted octanol–water partition coefficient (Wildman–Crippen LogP) is 5.05. The Morgan fingerprint density at radius 3 is 2.68 bits per heavy atom. The zero-order valence-electron chi connectivity index (χ0n) is 15.7. The fourth-order valence-corrected chi connectivity index (χ4v) is 9.36. The van der Waals surface area contributed by atoms with Crippen LogP contribution in [0, 0.1) is 28.6 Å². The van der Waals surface area contributed by atoms with Crippen molar-refractivity contribution in [3.63, 3.8) is 0 Å². The van der Waals surface area contributed by atoms with Gasteiger partial charge >= 0.3 is 0 Å². The first kappa shape index (κ1) is 18.7. The zero-order chi connectivity index (χ0) is 17.7. The third kappa shape index (κ3) is 2.94. The summed E-state index contributed by atoms with van der Waals surface area (Å²) in [5.41, 5.74) is 2.08. The molecule has 7 atom stereocenters. The Hall–Kier alpha value is 0.360. The van der Waals surface area contributed by atoms with Crippen LogP contribution in [0.5, 0.6) is 0 Å². The first-order valence-electron chi connectivity index (χ1n) is 10.3. The van der Waals surface area contributed by atoms with E-state index in [9.17, 15) is 10.2 Å². The molecule has 0 unspecified atom stereocenters. The summed E-state index contributed by atoms with van der Waals surface area (Å²) < 4.78 is 0. The molecule has 0 spiro atoms. The highest BCUT2D eigenvalue weighted by atomic mass is 33.1. The van der Waals surface area contributed by atoms with Gasteiger partial charge in [-0.25, -0.2) is 0 Å². The highest BCUT2D eigenvalue weighted by molar-refractivity contribution is 8.76. The number of aliphatic hydroxyl groups excluding tert-OH is 2. The maximum atomic E-state index is 10.6. The van der Waals surface area contributed by atoms with E-state index in [-0.39, 0.29) is 17.6 Å². The van der Waals surface area contributed by atoms with Crippen molar-refractivity contribution >= 4 is 21.6 Å². The summed E-state index contributed by atoms with van der Waals surface area (Å²) in [5.74, 6) is 4.67. The standard InChI is InChI=1S/C21H34O2S2/c1-3-24-25-13-21-11-8-15(22)12-14(21)4-5-16-17-6-7-19(23)20(17,2)10-9-18(16)21/h12,15-19,22-23H,3-11,13H2,1-2H3/t15-,16+,17+,18+,19+,20+,21-/m1/s1. The van der Waals surface area contributed by atoms with E-state index in [2.05, 4.69) is 30.7 Å². The molecule has 0 aromatic carbocycles. The fraction of sp³-hybridized carbons (Fsp3) is 0.905. The van der Waals surface area contributed by atoms with Gasteiger partial charge in [0.05, 0.1) is 12.2 Å². The molecule has 25 heavy (non-hydrogen) atoms. The molecule has 2 nitrogen and oxygen atoms in total. The highest BCUT2D eigenvalue weighted by Gasteiger charge is 2.59. The first-order chi connectivity index (χ1) is 12.0. The molecule has 3 saturated carbocycles. The second-order valence-electron chi connectivity index (χ2n) is 9.18. The molecular weight excluding hydrogens is 348 g/mol. The summed E-state index contributed by atoms with van der Waals surface area (Å²) in [6.07, 6.45) is 11.2. The summed E-state index contributed by atoms with van der Waals surface area (Å²) in [6.45, 7) is 4.61. The normalized spacial score (nSPS) is 49.1. The Labute approximate surface area is 161 Å². The smallest absolute Gasteiger partial charge is 0.0724 e. The van der Waals surface area contributed by atoms with Crippen LogP contribution >= 0.6 is 21.6 Å². The highest BCUT2D eigenvalue weighted by Crippen LogP contribution is 2.66. The molecule has 0 aliphatic heterocycles. The minimum absolute atomic E-state index is 0.0791. The topological polar surface area (TPSA) is 40.5 Å². The Morgan fingerprint density at radius 1 is 1.04 bits per heavy atom. The molecule has 2 N–H and O–H groups in total. The van der Waals surface area contributed by atoms with Crippen molar-refractivity contribution in [2.24, 2.45) is 28.6 Å². The quantitative estimate of drug-likeness (QED) is 0.405. The van der Waals surface area contributed by atoms with Gasteiger partial charge in [0.15, 0.2) is 0 Å². The Kier molecular flexibility index (Phi) is 5.29. The molecule has 0 bridgehead atoms. The average molecular weight is 383 g/mol. The molecule has 0 amide bonds. The van der Waals surface area contributed by atoms with E-state index in [0.717, 1.165) is 30.6 Å². The Balaban J connectivity index is 1.65. The Bertz CT molecular complexity index is 536. The molecule has 4 aliphatic carbocycles. The first-order valence-corrected chi connectivity index (χ1v) is 12.8. The van der Waals surface area contributed by atoms with Crippen LogP contribution in [0.25, 0.3) is 0 Å². The van der Waals surface area contributed by atoms with Crippen LogP contribution in [0.1, 0.15) is 65.2 Å². The number of rotatable bonds is 4. The minimum atomic E-state index is -0.217. The van der Waals surface area contributed by atoms with E-state index in [1.165, 1.54) is 50.0 Å². The molecule has 0 aromatic heterocycles. The zero-order valence-corrected chi connectivity index (χ0v) is 17.4. The van der Waals surface area contributed by atoms with Gasteiger partial charge in [0.25, 0.3) is 0 Å². The summed E-state index contributed by atoms with van der Waals surface area (Å²) >= 11 is 0. The van der Waals surface area contributed by atoms with Gasteiger partial charge in [-0.15, -0.1) is 0 Å². The van der Waals surface area contributed by atoms with Gasteiger partial charge in [-0.05, 0) is 74.5 Å². The molecule has 4 rings (SSSR count). The van der Waals surface area contributed by atoms with Gasteiger partial charge in [-0.3, -0.25) is 0 Å². The second kappa shape index (κ2) is 7.07. The van der Waals surface area contributed by atoms with Gasteiger partial charge in [0.1, 0.15) is 0 Å². The van der Waals surface area contributed by atoms with Crippen LogP contribution in [0.15, 0.2) is 11.6 Å². The molecule has 0 heterocycles. The SMILES string of the molecule is CCSSC[C@]12CC[C@@H](O)C=C1CC[C@@H]1[C@@H]2CC[C@]2(C)[C@@H](O)CC[C@@H]12. The molecule has 0 aromatic rings. The molecule has 3 fully saturated rings. The molecule has 142 valence electrons. The summed E-state index contributed by atoms with van der Waals surface area (Å²) in [4.78, 5) is 0. The maximum Gasteiger partial charge on any atom is 0.0724 e. The van der Waals surface area contributed by atoms with Gasteiger partial charge < -0.3 is 10.2 Å². The van der Waals surface area contributed by atoms with E-state index in [1.807, 2.05) is 10.8 Å². The Morgan fingerprint density at radius 2 is 1.88 bits per heavy atom. The van der Waals surface area contributed by atoms with Crippen molar-refractivity contribution in [2.75, 3.05) is 11.5 Å². The summed E-state index contributed by atoms with van der Waals surface area (Å²) in [6, 6.07) is 0. The third-order valence-electron chi connectivity index (χ3n) is 8.28. The molecule has 4 heteroatoms. The molecule has 0 radical (unpaired) electrons. The van der Waals surface area contributed by atoms with Gasteiger partial charge in [-0.1, -0.05) is 47.1 Å². The lowest BCUT2D eigenvalue weighted by Gasteiger charge is -2.59.